The number of aromatic nitrogens is 5. The Hall–Kier alpha value is -5.32. The van der Waals surface area contributed by atoms with E-state index in [1.165, 1.54) is 15.1 Å². The number of nitrogens with one attached hydrogen (secondary N) is 2. The number of ether oxygens (including phenoxy) is 3. The maximum Gasteiger partial charge on any atom is 0.277 e. The van der Waals surface area contributed by atoms with Crippen LogP contribution in [0.25, 0.3) is 22.4 Å². The topological polar surface area (TPSA) is 221 Å². The number of H-pyrrole nitrogens is 1. The summed E-state index contributed by atoms with van der Waals surface area (Å²) in [5, 5.41) is 9.67. The number of fused-ring (bicyclic) bond motifs is 2. The summed E-state index contributed by atoms with van der Waals surface area (Å²) in [5.74, 6) is 1.38. The molecular weight excluding hydrogens is 884 g/mol. The number of piperazine rings is 1. The van der Waals surface area contributed by atoms with E-state index in [9.17, 15) is 26.4 Å². The summed E-state index contributed by atoms with van der Waals surface area (Å²) in [6.45, 7) is 10.0. The van der Waals surface area contributed by atoms with Crippen molar-refractivity contribution in [3.05, 3.63) is 84.5 Å². The number of nitrogens with zero attached hydrogens (tertiary/aromatic N) is 6. The van der Waals surface area contributed by atoms with Gasteiger partial charge in [-0.25, -0.2) is 26.5 Å². The summed E-state index contributed by atoms with van der Waals surface area (Å²) >= 11 is 7.03. The molecule has 22 heteroatoms. The van der Waals surface area contributed by atoms with Gasteiger partial charge in [-0.3, -0.25) is 14.3 Å². The number of rotatable bonds is 13. The standard InChI is InChI=1S/C22H30N6O4S.C18H15ClN2O6S2/c1-5-7-17-19-20(27(4)25-17)22(29)24-21(23-19)16-14-15(8-9-18(16)32-6-2)33(30,31)28-12-10-26(3)11-13-28;1-9-5-13-14(26-8-25-13)7-11(9)6-12(22)17-15(3-4-28-17)29(23,24)21-18-16(19)10(2)20-27-18/h8-9,14H,5-7,10-13H2,1-4H3,(H,23,24,29);3-5,7,21H,6,8H2,1-2H3. The molecule has 2 aromatic carbocycles. The maximum atomic E-state index is 13.3. The van der Waals surface area contributed by atoms with E-state index in [1.807, 2.05) is 27.8 Å². The van der Waals surface area contributed by atoms with Crippen LogP contribution in [0, 0.1) is 13.8 Å². The molecule has 0 amide bonds. The van der Waals surface area contributed by atoms with Crippen LogP contribution in [0.5, 0.6) is 17.2 Å². The fourth-order valence-corrected chi connectivity index (χ4v) is 10.9. The van der Waals surface area contributed by atoms with Gasteiger partial charge in [0.2, 0.25) is 16.8 Å². The quantitative estimate of drug-likeness (QED) is 0.135. The number of hydrogen-bond acceptors (Lipinski definition) is 15. The van der Waals surface area contributed by atoms with Gasteiger partial charge in [-0.2, -0.15) is 9.40 Å². The Kier molecular flexibility index (Phi) is 13.1. The summed E-state index contributed by atoms with van der Waals surface area (Å²) in [6.07, 6.45) is 1.57. The summed E-state index contributed by atoms with van der Waals surface area (Å²) in [4.78, 5) is 35.5. The Morgan fingerprint density at radius 3 is 2.42 bits per heavy atom. The van der Waals surface area contributed by atoms with Crippen LogP contribution >= 0.6 is 22.9 Å². The summed E-state index contributed by atoms with van der Waals surface area (Å²) in [6, 6.07) is 9.62. The second-order valence-electron chi connectivity index (χ2n) is 14.6. The molecule has 0 radical (unpaired) electrons. The minimum Gasteiger partial charge on any atom is -0.493 e. The number of likely N-dealkylation sites (N-methyl/N-ethyl adjacent to an activating group) is 1. The fourth-order valence-electron chi connectivity index (χ4n) is 6.93. The number of thiophene rings is 1. The minimum atomic E-state index is -4.09. The number of Topliss-reactive ketones (excluding diaryl/α,β-unsaturated/α-hetero) is 1. The number of hydrogen-bond donors (Lipinski definition) is 2. The highest BCUT2D eigenvalue weighted by molar-refractivity contribution is 7.93. The van der Waals surface area contributed by atoms with Gasteiger partial charge < -0.3 is 28.6 Å². The molecule has 6 heterocycles. The van der Waals surface area contributed by atoms with E-state index in [1.54, 1.807) is 49.7 Å². The van der Waals surface area contributed by atoms with E-state index in [0.29, 0.717) is 78.7 Å². The van der Waals surface area contributed by atoms with Crippen molar-refractivity contribution in [1.29, 1.82) is 0 Å². The number of halogens is 1. The van der Waals surface area contributed by atoms with Crippen LogP contribution in [0.15, 0.2) is 60.9 Å². The third-order valence-electron chi connectivity index (χ3n) is 10.2. The SMILES string of the molecule is CCCc1nn(C)c2c(=O)[nH]c(-c3cc(S(=O)(=O)N4CCN(C)CC4)ccc3OCC)nc12.Cc1cc2c(cc1CC(=O)c1sccc1S(=O)(=O)Nc1onc(C)c1Cl)OCO2. The first-order chi connectivity index (χ1) is 29.5. The van der Waals surface area contributed by atoms with Crippen molar-refractivity contribution in [2.75, 3.05) is 51.3 Å². The van der Waals surface area contributed by atoms with Gasteiger partial charge in [0.05, 0.1) is 27.6 Å². The lowest BCUT2D eigenvalue weighted by Crippen LogP contribution is -2.47. The molecule has 62 heavy (non-hydrogen) atoms. The normalized spacial score (nSPS) is 14.5. The van der Waals surface area contributed by atoms with Crippen LogP contribution in [0.4, 0.5) is 5.88 Å². The van der Waals surface area contributed by atoms with Gasteiger partial charge in [0.25, 0.3) is 21.5 Å². The van der Waals surface area contributed by atoms with Gasteiger partial charge in [-0.05, 0) is 87.1 Å². The Bertz CT molecular complexity index is 2940. The third-order valence-corrected chi connectivity index (χ3v) is 15.0. The van der Waals surface area contributed by atoms with Crippen molar-refractivity contribution in [1.82, 2.24) is 34.1 Å². The van der Waals surface area contributed by atoms with Crippen LogP contribution < -0.4 is 24.5 Å². The van der Waals surface area contributed by atoms with Crippen LogP contribution in [-0.4, -0.2) is 103 Å². The van der Waals surface area contributed by atoms with E-state index in [-0.39, 0.29) is 56.0 Å². The van der Waals surface area contributed by atoms with E-state index < -0.39 is 20.0 Å². The number of ketones is 1. The highest BCUT2D eigenvalue weighted by Crippen LogP contribution is 2.36. The molecule has 0 spiro atoms. The minimum absolute atomic E-state index is 0.0215. The second-order valence-corrected chi connectivity index (χ2v) is 19.5. The van der Waals surface area contributed by atoms with E-state index in [0.717, 1.165) is 34.6 Å². The monoisotopic (exact) mass is 928 g/mol. The number of aryl methyl sites for hydroxylation is 4. The summed E-state index contributed by atoms with van der Waals surface area (Å²) in [7, 11) is -4.10. The average Bonchev–Trinajstić information content (AvgIpc) is 4.04. The molecule has 0 aliphatic carbocycles. The largest absolute Gasteiger partial charge is 0.493 e. The molecule has 330 valence electrons. The van der Waals surface area contributed by atoms with Crippen LogP contribution in [0.2, 0.25) is 5.02 Å². The molecule has 2 aliphatic heterocycles. The number of sulfonamides is 2. The zero-order chi connectivity index (χ0) is 44.5. The molecule has 4 aromatic heterocycles. The smallest absolute Gasteiger partial charge is 0.277 e. The lowest BCUT2D eigenvalue weighted by molar-refractivity contribution is 0.0993. The molecule has 2 N–H and O–H groups in total. The molecule has 0 saturated carbocycles. The van der Waals surface area contributed by atoms with Crippen molar-refractivity contribution in [2.45, 2.75) is 56.7 Å². The summed E-state index contributed by atoms with van der Waals surface area (Å²) < 4.78 is 78.8. The van der Waals surface area contributed by atoms with Crippen LogP contribution in [-0.2, 0) is 39.9 Å². The van der Waals surface area contributed by atoms with E-state index >= 15 is 0 Å². The highest BCUT2D eigenvalue weighted by Gasteiger charge is 2.30. The number of anilines is 1. The van der Waals surface area contributed by atoms with Crippen molar-refractivity contribution >= 4 is 65.7 Å². The molecule has 2 aliphatic rings. The van der Waals surface area contributed by atoms with Gasteiger partial charge in [-0.15, -0.1) is 11.3 Å². The second kappa shape index (κ2) is 18.2. The molecule has 0 bridgehead atoms. The first-order valence-corrected chi connectivity index (χ1v) is 23.8. The predicted octanol–water partition coefficient (Wildman–Crippen LogP) is 5.57. The van der Waals surface area contributed by atoms with Gasteiger partial charge in [0.15, 0.2) is 22.8 Å². The maximum absolute atomic E-state index is 13.3. The fraction of sp³-hybridized carbons (Fsp3) is 0.375. The molecule has 6 aromatic rings. The van der Waals surface area contributed by atoms with Gasteiger partial charge >= 0.3 is 0 Å². The lowest BCUT2D eigenvalue weighted by atomic mass is 10.0. The van der Waals surface area contributed by atoms with Crippen molar-refractivity contribution < 1.29 is 40.4 Å². The first-order valence-electron chi connectivity index (χ1n) is 19.6. The van der Waals surface area contributed by atoms with Crippen LogP contribution in [0.3, 0.4) is 0 Å². The zero-order valence-corrected chi connectivity index (χ0v) is 38.0. The average molecular weight is 930 g/mol. The van der Waals surface area contributed by atoms with E-state index in [4.69, 9.17) is 35.3 Å². The third kappa shape index (κ3) is 9.09. The molecule has 8 rings (SSSR count). The Balaban J connectivity index is 0.000000188. The molecule has 1 fully saturated rings. The van der Waals surface area contributed by atoms with Crippen molar-refractivity contribution in [3.8, 4) is 28.6 Å². The Morgan fingerprint density at radius 2 is 1.74 bits per heavy atom. The molecule has 0 atom stereocenters. The number of benzene rings is 2. The van der Waals surface area contributed by atoms with Gasteiger partial charge in [-0.1, -0.05) is 30.1 Å². The number of aromatic amines is 1. The summed E-state index contributed by atoms with van der Waals surface area (Å²) in [5.41, 5.74) is 3.68. The predicted molar refractivity (Wildman–Crippen MR) is 233 cm³/mol. The van der Waals surface area contributed by atoms with Crippen molar-refractivity contribution in [2.24, 2.45) is 7.05 Å². The molecule has 18 nitrogen and oxygen atoms in total. The highest BCUT2D eigenvalue weighted by atomic mass is 35.5. The van der Waals surface area contributed by atoms with Gasteiger partial charge in [0, 0.05) is 39.6 Å². The molecule has 0 unspecified atom stereocenters. The molecular formula is C40H45ClN8O10S3. The Labute approximate surface area is 366 Å². The van der Waals surface area contributed by atoms with Gasteiger partial charge in [0.1, 0.15) is 32.7 Å². The molecule has 1 saturated heterocycles. The zero-order valence-electron chi connectivity index (χ0n) is 34.8. The van der Waals surface area contributed by atoms with Crippen LogP contribution in [0.1, 0.15) is 52.5 Å². The number of carbonyl (C=O) groups excluding carboxylic acids is 1. The Morgan fingerprint density at radius 1 is 1.02 bits per heavy atom. The first kappa shape index (κ1) is 44.7. The van der Waals surface area contributed by atoms with E-state index in [2.05, 4.69) is 24.9 Å². The lowest BCUT2D eigenvalue weighted by Gasteiger charge is -2.31. The number of carbonyl (C=O) groups is 1. The van der Waals surface area contributed by atoms with Crippen molar-refractivity contribution in [3.63, 3.8) is 0 Å².